The Morgan fingerprint density at radius 2 is 1.97 bits per heavy atom. The number of aromatic amines is 1. The molecule has 2 N–H and O–H groups in total. The van der Waals surface area contributed by atoms with Crippen molar-refractivity contribution in [2.75, 3.05) is 5.32 Å². The van der Waals surface area contributed by atoms with Crippen molar-refractivity contribution in [3.63, 3.8) is 0 Å². The average molecular weight is 456 g/mol. The second-order valence-electron chi connectivity index (χ2n) is 7.17. The first-order valence-electron chi connectivity index (χ1n) is 9.41. The highest BCUT2D eigenvalue weighted by Crippen LogP contribution is 2.42. The molecule has 0 fully saturated rings. The zero-order chi connectivity index (χ0) is 21.7. The number of aryl methyl sites for hydroxylation is 1. The summed E-state index contributed by atoms with van der Waals surface area (Å²) in [6.45, 7) is 1.85. The number of fused-ring (bicyclic) bond motifs is 1. The first-order valence-corrected chi connectivity index (χ1v) is 10.2. The Morgan fingerprint density at radius 3 is 2.74 bits per heavy atom. The highest BCUT2D eigenvalue weighted by Gasteiger charge is 2.34. The van der Waals surface area contributed by atoms with Crippen LogP contribution in [0.25, 0.3) is 17.1 Å². The van der Waals surface area contributed by atoms with Crippen LogP contribution in [0.15, 0.2) is 51.7 Å². The molecule has 1 atom stereocenters. The van der Waals surface area contributed by atoms with Crippen LogP contribution in [-0.4, -0.2) is 25.9 Å². The number of rotatable bonds is 3. The van der Waals surface area contributed by atoms with Crippen LogP contribution < -0.4 is 10.9 Å². The number of halogens is 2. The first-order chi connectivity index (χ1) is 14.9. The molecule has 10 heteroatoms. The molecule has 0 spiro atoms. The van der Waals surface area contributed by atoms with Crippen LogP contribution in [0.3, 0.4) is 0 Å². The monoisotopic (exact) mass is 455 g/mol. The largest absolute Gasteiger partial charge is 0.460 e. The van der Waals surface area contributed by atoms with Gasteiger partial charge < -0.3 is 9.73 Å². The second-order valence-corrected chi connectivity index (χ2v) is 8.01. The molecule has 0 radical (unpaired) electrons. The van der Waals surface area contributed by atoms with E-state index in [9.17, 15) is 9.59 Å². The zero-order valence-corrected chi connectivity index (χ0v) is 17.7. The molecule has 1 aromatic carbocycles. The lowest BCUT2D eigenvalue weighted by Crippen LogP contribution is -2.25. The molecule has 1 amide bonds. The Hall–Kier alpha value is -3.36. The van der Waals surface area contributed by atoms with Crippen LogP contribution in [0.5, 0.6) is 0 Å². The molecule has 4 heterocycles. The van der Waals surface area contributed by atoms with Crippen molar-refractivity contribution >= 4 is 34.9 Å². The van der Waals surface area contributed by atoms with Crippen LogP contribution >= 0.6 is 23.2 Å². The van der Waals surface area contributed by atoms with Crippen LogP contribution in [0.1, 0.15) is 29.4 Å². The van der Waals surface area contributed by atoms with Crippen LogP contribution in [-0.2, 0) is 4.79 Å². The maximum atomic E-state index is 12.5. The molecule has 156 valence electrons. The highest BCUT2D eigenvalue weighted by molar-refractivity contribution is 6.35. The first kappa shape index (κ1) is 19.6. The molecule has 0 saturated carbocycles. The van der Waals surface area contributed by atoms with Crippen molar-refractivity contribution < 1.29 is 9.21 Å². The van der Waals surface area contributed by atoms with E-state index < -0.39 is 0 Å². The molecule has 1 aliphatic rings. The van der Waals surface area contributed by atoms with E-state index in [0.29, 0.717) is 44.5 Å². The van der Waals surface area contributed by atoms with Crippen molar-refractivity contribution in [2.24, 2.45) is 0 Å². The van der Waals surface area contributed by atoms with E-state index in [0.717, 1.165) is 5.56 Å². The number of nitrogens with one attached hydrogen (secondary N) is 2. The van der Waals surface area contributed by atoms with Crippen molar-refractivity contribution in [1.82, 2.24) is 20.0 Å². The minimum Gasteiger partial charge on any atom is -0.460 e. The lowest BCUT2D eigenvalue weighted by Gasteiger charge is -2.22. The maximum absolute atomic E-state index is 12.5. The molecular weight excluding hydrogens is 441 g/mol. The summed E-state index contributed by atoms with van der Waals surface area (Å²) in [7, 11) is 0. The van der Waals surface area contributed by atoms with Crippen molar-refractivity contribution in [3.8, 4) is 17.1 Å². The Balaban J connectivity index is 1.60. The summed E-state index contributed by atoms with van der Waals surface area (Å²) < 4.78 is 7.61. The molecular formula is C21H15Cl2N5O3. The number of benzene rings is 1. The van der Waals surface area contributed by atoms with Gasteiger partial charge in [-0.3, -0.25) is 9.59 Å². The Bertz CT molecular complexity index is 1370. The second kappa shape index (κ2) is 7.40. The third-order valence-corrected chi connectivity index (χ3v) is 5.71. The van der Waals surface area contributed by atoms with Crippen molar-refractivity contribution in [2.45, 2.75) is 19.3 Å². The van der Waals surface area contributed by atoms with Gasteiger partial charge in [0.2, 0.25) is 5.91 Å². The molecule has 3 aromatic heterocycles. The predicted molar refractivity (Wildman–Crippen MR) is 116 cm³/mol. The van der Waals surface area contributed by atoms with E-state index in [4.69, 9.17) is 27.6 Å². The number of amides is 1. The summed E-state index contributed by atoms with van der Waals surface area (Å²) in [6.07, 6.45) is 0.203. The van der Waals surface area contributed by atoms with Crippen LogP contribution in [0, 0.1) is 6.92 Å². The van der Waals surface area contributed by atoms with E-state index in [1.54, 1.807) is 18.2 Å². The summed E-state index contributed by atoms with van der Waals surface area (Å²) in [5, 5.41) is 14.8. The molecule has 5 rings (SSSR count). The Kier molecular flexibility index (Phi) is 4.68. The fourth-order valence-electron chi connectivity index (χ4n) is 3.78. The number of anilines is 1. The van der Waals surface area contributed by atoms with Crippen molar-refractivity contribution in [1.29, 1.82) is 0 Å². The molecule has 0 unspecified atom stereocenters. The topological polar surface area (TPSA) is 106 Å². The number of nitrogens with zero attached hydrogens (tertiary/aromatic N) is 3. The van der Waals surface area contributed by atoms with E-state index in [-0.39, 0.29) is 23.8 Å². The van der Waals surface area contributed by atoms with Crippen LogP contribution in [0.2, 0.25) is 10.0 Å². The van der Waals surface area contributed by atoms with Gasteiger partial charge in [0.05, 0.1) is 16.6 Å². The maximum Gasteiger partial charge on any atom is 0.264 e. The predicted octanol–water partition coefficient (Wildman–Crippen LogP) is 4.30. The minimum atomic E-state index is -0.341. The number of aromatic nitrogens is 4. The van der Waals surface area contributed by atoms with E-state index >= 15 is 0 Å². The van der Waals surface area contributed by atoms with Gasteiger partial charge >= 0.3 is 0 Å². The summed E-state index contributed by atoms with van der Waals surface area (Å²) in [6, 6.07) is 11.7. The summed E-state index contributed by atoms with van der Waals surface area (Å²) in [4.78, 5) is 23.9. The number of hydrogen-bond donors (Lipinski definition) is 2. The number of furan rings is 1. The lowest BCUT2D eigenvalue weighted by atomic mass is 9.90. The molecule has 1 aliphatic heterocycles. The fraction of sp³-hybridized carbons (Fsp3) is 0.143. The van der Waals surface area contributed by atoms with Gasteiger partial charge in [-0.15, -0.1) is 0 Å². The van der Waals surface area contributed by atoms with E-state index in [1.807, 2.05) is 19.1 Å². The van der Waals surface area contributed by atoms with Gasteiger partial charge in [-0.05, 0) is 43.3 Å². The summed E-state index contributed by atoms with van der Waals surface area (Å²) in [5.74, 6) is 1.53. The number of carbonyl (C=O) groups excluding carboxylic acids is 1. The molecule has 0 saturated heterocycles. The molecule has 0 aliphatic carbocycles. The number of H-pyrrole nitrogens is 1. The molecule has 4 aromatic rings. The summed E-state index contributed by atoms with van der Waals surface area (Å²) in [5.41, 5.74) is 1.88. The van der Waals surface area contributed by atoms with Gasteiger partial charge in [0.1, 0.15) is 17.3 Å². The standard InChI is InChI=1S/C21H15Cl2N5O3/c1-10-20-13(16-5-4-15(31-16)12-8-11(22)2-3-14(12)23)9-19(30)24-21(20)28(27-10)17-6-7-18(29)26-25-17/h2-8,13H,9H2,1H3,(H,24,30)(H,26,29)/t13-/m1/s1. The zero-order valence-electron chi connectivity index (χ0n) is 16.1. The van der Waals surface area contributed by atoms with Gasteiger partial charge in [0.15, 0.2) is 5.82 Å². The average Bonchev–Trinajstić information content (AvgIpc) is 3.35. The van der Waals surface area contributed by atoms with Gasteiger partial charge in [-0.25, -0.2) is 5.10 Å². The fourth-order valence-corrected chi connectivity index (χ4v) is 4.17. The minimum absolute atomic E-state index is 0.179. The third-order valence-electron chi connectivity index (χ3n) is 5.15. The lowest BCUT2D eigenvalue weighted by molar-refractivity contribution is -0.116. The van der Waals surface area contributed by atoms with E-state index in [1.165, 1.54) is 16.8 Å². The van der Waals surface area contributed by atoms with Crippen molar-refractivity contribution in [3.05, 3.63) is 79.9 Å². The molecule has 31 heavy (non-hydrogen) atoms. The highest BCUT2D eigenvalue weighted by atomic mass is 35.5. The number of hydrogen-bond acceptors (Lipinski definition) is 5. The van der Waals surface area contributed by atoms with Gasteiger partial charge in [0, 0.05) is 28.6 Å². The van der Waals surface area contributed by atoms with Gasteiger partial charge in [-0.2, -0.15) is 14.9 Å². The Morgan fingerprint density at radius 1 is 1.13 bits per heavy atom. The SMILES string of the molecule is Cc1nn(-c2ccc(=O)[nH]n2)c2c1[C@@H](c1ccc(-c3cc(Cl)ccc3Cl)o1)CC(=O)N2. The third kappa shape index (κ3) is 3.43. The number of carbonyl (C=O) groups is 1. The molecule has 0 bridgehead atoms. The Labute approximate surface area is 185 Å². The molecule has 8 nitrogen and oxygen atoms in total. The smallest absolute Gasteiger partial charge is 0.264 e. The van der Waals surface area contributed by atoms with Gasteiger partial charge in [0.25, 0.3) is 5.56 Å². The summed E-state index contributed by atoms with van der Waals surface area (Å²) >= 11 is 12.4. The normalized spacial score (nSPS) is 15.6. The quantitative estimate of drug-likeness (QED) is 0.478. The van der Waals surface area contributed by atoms with Gasteiger partial charge in [-0.1, -0.05) is 23.2 Å². The van der Waals surface area contributed by atoms with Crippen LogP contribution in [0.4, 0.5) is 5.82 Å². The van der Waals surface area contributed by atoms with E-state index in [2.05, 4.69) is 20.6 Å².